The van der Waals surface area contributed by atoms with Gasteiger partial charge in [0, 0.05) is 0 Å². The number of unbranched alkanes of at least 4 members (excludes halogenated alkanes) is 1. The molecule has 0 aromatic rings. The van der Waals surface area contributed by atoms with Crippen LogP contribution in [0, 0.1) is 0 Å². The molecule has 2 unspecified atom stereocenters. The maximum atomic E-state index is 11.8. The van der Waals surface area contributed by atoms with Crippen LogP contribution in [0.25, 0.3) is 0 Å². The number of rotatable bonds is 17. The molecule has 0 amide bonds. The standard InChI is InChI=1S/C18H42N2O8P2/c1-17(27-29(21,22)25-15-13-19(3,4)5)11-9-10-12-18(2)28-30(23,24)26-16-14-20(6,7)8/h17-18H,9-16H2,1-8H3/t17-,18+. The van der Waals surface area contributed by atoms with E-state index in [-0.39, 0.29) is 13.2 Å². The Morgan fingerprint density at radius 2 is 1.00 bits per heavy atom. The van der Waals surface area contributed by atoms with E-state index in [4.69, 9.17) is 18.1 Å². The van der Waals surface area contributed by atoms with E-state index >= 15 is 0 Å². The highest BCUT2D eigenvalue weighted by Gasteiger charge is 2.18. The summed E-state index contributed by atoms with van der Waals surface area (Å²) in [5.74, 6) is 0. The van der Waals surface area contributed by atoms with Gasteiger partial charge in [-0.3, -0.25) is 9.13 Å². The van der Waals surface area contributed by atoms with Gasteiger partial charge in [-0.15, -0.1) is 0 Å². The molecule has 0 fully saturated rings. The molecule has 0 aromatic carbocycles. The van der Waals surface area contributed by atoms with E-state index < -0.39 is 27.9 Å². The number of hydrogen-bond acceptors (Lipinski definition) is 8. The van der Waals surface area contributed by atoms with Gasteiger partial charge < -0.3 is 36.8 Å². The predicted molar refractivity (Wildman–Crippen MR) is 112 cm³/mol. The van der Waals surface area contributed by atoms with E-state index in [1.54, 1.807) is 13.8 Å². The van der Waals surface area contributed by atoms with Gasteiger partial charge in [0.1, 0.15) is 26.3 Å². The molecule has 0 aliphatic carbocycles. The lowest BCUT2D eigenvalue weighted by atomic mass is 10.1. The Kier molecular flexibility index (Phi) is 13.1. The minimum absolute atomic E-state index is 0.0674. The second-order valence-corrected chi connectivity index (χ2v) is 12.4. The lowest BCUT2D eigenvalue weighted by molar-refractivity contribution is -0.870. The molecule has 10 nitrogen and oxygen atoms in total. The molecule has 30 heavy (non-hydrogen) atoms. The molecule has 0 radical (unpaired) electrons. The molecule has 0 aliphatic rings. The van der Waals surface area contributed by atoms with E-state index in [2.05, 4.69) is 0 Å². The van der Waals surface area contributed by atoms with E-state index in [0.717, 1.165) is 0 Å². The fourth-order valence-electron chi connectivity index (χ4n) is 2.32. The van der Waals surface area contributed by atoms with Gasteiger partial charge >= 0.3 is 0 Å². The summed E-state index contributed by atoms with van der Waals surface area (Å²) in [7, 11) is 2.98. The summed E-state index contributed by atoms with van der Waals surface area (Å²) in [6.45, 7) is 4.56. The third-order valence-electron chi connectivity index (χ3n) is 4.11. The van der Waals surface area contributed by atoms with Crippen molar-refractivity contribution in [3.63, 3.8) is 0 Å². The summed E-state index contributed by atoms with van der Waals surface area (Å²) in [6, 6.07) is 0. The third-order valence-corrected chi connectivity index (χ3v) is 6.35. The van der Waals surface area contributed by atoms with Crippen LogP contribution >= 0.6 is 15.6 Å². The summed E-state index contributed by atoms with van der Waals surface area (Å²) in [4.78, 5) is 23.7. The number of phosphoric ester groups is 2. The molecular weight excluding hydrogens is 434 g/mol. The van der Waals surface area contributed by atoms with Crippen LogP contribution in [0.15, 0.2) is 0 Å². The van der Waals surface area contributed by atoms with Gasteiger partial charge in [0.15, 0.2) is 0 Å². The van der Waals surface area contributed by atoms with Crippen LogP contribution in [0.5, 0.6) is 0 Å². The number of nitrogens with zero attached hydrogens (tertiary/aromatic N) is 2. The summed E-state index contributed by atoms with van der Waals surface area (Å²) < 4.78 is 44.7. The first-order valence-electron chi connectivity index (χ1n) is 10.3. The van der Waals surface area contributed by atoms with Crippen molar-refractivity contribution in [2.45, 2.75) is 51.7 Å². The molecule has 0 heterocycles. The van der Waals surface area contributed by atoms with Crippen molar-refractivity contribution in [3.8, 4) is 0 Å². The first-order valence-corrected chi connectivity index (χ1v) is 13.2. The molecule has 0 rings (SSSR count). The first kappa shape index (κ1) is 30.1. The molecule has 0 aromatic heterocycles. The highest BCUT2D eigenvalue weighted by molar-refractivity contribution is 7.46. The van der Waals surface area contributed by atoms with Gasteiger partial charge in [-0.2, -0.15) is 0 Å². The topological polar surface area (TPSA) is 117 Å². The maximum Gasteiger partial charge on any atom is 0.268 e. The van der Waals surface area contributed by atoms with Crippen LogP contribution in [0.1, 0.15) is 39.5 Å². The monoisotopic (exact) mass is 476 g/mol. The summed E-state index contributed by atoms with van der Waals surface area (Å²) >= 11 is 0. The van der Waals surface area contributed by atoms with Gasteiger partial charge in [-0.1, -0.05) is 12.8 Å². The van der Waals surface area contributed by atoms with E-state index in [9.17, 15) is 18.9 Å². The third kappa shape index (κ3) is 18.9. The van der Waals surface area contributed by atoms with Crippen LogP contribution in [0.2, 0.25) is 0 Å². The number of quaternary nitrogens is 2. The summed E-state index contributed by atoms with van der Waals surface area (Å²) in [5, 5.41) is 0. The van der Waals surface area contributed by atoms with E-state index in [1.807, 2.05) is 42.3 Å². The minimum Gasteiger partial charge on any atom is -0.756 e. The number of likely N-dealkylation sites (N-methyl/N-ethyl adjacent to an activating group) is 2. The second kappa shape index (κ2) is 13.0. The van der Waals surface area contributed by atoms with Crippen LogP contribution in [0.3, 0.4) is 0 Å². The van der Waals surface area contributed by atoms with Crippen LogP contribution in [-0.4, -0.2) is 89.8 Å². The Balaban J connectivity index is 4.06. The molecule has 0 bridgehead atoms. The number of phosphoric acid groups is 2. The van der Waals surface area contributed by atoms with Crippen molar-refractivity contribution in [1.82, 2.24) is 0 Å². The zero-order valence-corrected chi connectivity index (χ0v) is 21.7. The van der Waals surface area contributed by atoms with Gasteiger partial charge in [0.25, 0.3) is 15.6 Å². The largest absolute Gasteiger partial charge is 0.756 e. The van der Waals surface area contributed by atoms with E-state index in [0.29, 0.717) is 47.7 Å². The molecule has 0 N–H and O–H groups in total. The molecule has 0 saturated heterocycles. The first-order chi connectivity index (χ1) is 13.4. The Bertz CT molecular complexity index is 528. The van der Waals surface area contributed by atoms with Gasteiger partial charge in [-0.05, 0) is 26.7 Å². The molecule has 0 saturated carbocycles. The summed E-state index contributed by atoms with van der Waals surface area (Å²) in [5.41, 5.74) is 0. The highest BCUT2D eigenvalue weighted by atomic mass is 31.2. The lowest BCUT2D eigenvalue weighted by Gasteiger charge is -2.29. The Labute approximate surface area is 182 Å². The van der Waals surface area contributed by atoms with Crippen molar-refractivity contribution < 1.29 is 46.0 Å². The quantitative estimate of drug-likeness (QED) is 0.177. The van der Waals surface area contributed by atoms with Gasteiger partial charge in [-0.25, -0.2) is 0 Å². The van der Waals surface area contributed by atoms with Crippen molar-refractivity contribution in [1.29, 1.82) is 0 Å². The van der Waals surface area contributed by atoms with Gasteiger partial charge in [0.2, 0.25) is 0 Å². The fraction of sp³-hybridized carbons (Fsp3) is 1.00. The highest BCUT2D eigenvalue weighted by Crippen LogP contribution is 2.41. The van der Waals surface area contributed by atoms with E-state index in [1.165, 1.54) is 0 Å². The maximum absolute atomic E-state index is 11.8. The molecular formula is C18H42N2O8P2. The Morgan fingerprint density at radius 3 is 1.27 bits per heavy atom. The fourth-order valence-corrected chi connectivity index (χ4v) is 4.15. The van der Waals surface area contributed by atoms with Crippen molar-refractivity contribution >= 4 is 15.6 Å². The van der Waals surface area contributed by atoms with Gasteiger partial charge in [0.05, 0.1) is 54.5 Å². The van der Waals surface area contributed by atoms with Crippen LogP contribution in [0.4, 0.5) is 0 Å². The molecule has 0 spiro atoms. The average molecular weight is 476 g/mol. The Hall–Kier alpha value is 0.140. The average Bonchev–Trinajstić information content (AvgIpc) is 2.47. The predicted octanol–water partition coefficient (Wildman–Crippen LogP) is 1.74. The summed E-state index contributed by atoms with van der Waals surface area (Å²) in [6.07, 6.45) is 1.31. The number of hydrogen-bond donors (Lipinski definition) is 0. The van der Waals surface area contributed by atoms with Crippen molar-refractivity contribution in [2.75, 3.05) is 68.6 Å². The smallest absolute Gasteiger partial charge is 0.268 e. The zero-order valence-electron chi connectivity index (χ0n) is 19.9. The van der Waals surface area contributed by atoms with Crippen molar-refractivity contribution in [2.24, 2.45) is 0 Å². The normalized spacial score (nSPS) is 19.1. The molecule has 0 aliphatic heterocycles. The Morgan fingerprint density at radius 1 is 0.700 bits per heavy atom. The second-order valence-electron chi connectivity index (χ2n) is 9.71. The molecule has 4 atom stereocenters. The molecule has 182 valence electrons. The van der Waals surface area contributed by atoms with Crippen LogP contribution < -0.4 is 9.79 Å². The van der Waals surface area contributed by atoms with Crippen LogP contribution in [-0.2, 0) is 27.2 Å². The SMILES string of the molecule is C[C@H](CCCC[C@H](C)OP(=O)([O-])OCC[N+](C)(C)C)OP(=O)([O-])OCC[N+](C)(C)C. The minimum atomic E-state index is -4.33. The molecule has 12 heteroatoms. The lowest BCUT2D eigenvalue weighted by Crippen LogP contribution is -2.37. The van der Waals surface area contributed by atoms with Crippen molar-refractivity contribution in [3.05, 3.63) is 0 Å². The zero-order chi connectivity index (χ0) is 23.6.